The molecule has 0 spiro atoms. The number of carbonyl (C=O) groups excluding carboxylic acids is 1. The van der Waals surface area contributed by atoms with Gasteiger partial charge in [0.25, 0.3) is 11.6 Å². The van der Waals surface area contributed by atoms with E-state index in [2.05, 4.69) is 15.6 Å². The number of thiophene rings is 1. The van der Waals surface area contributed by atoms with E-state index in [0.717, 1.165) is 5.56 Å². The molecule has 0 radical (unpaired) electrons. The lowest BCUT2D eigenvalue weighted by Gasteiger charge is -1.99. The number of nitro groups is 1. The minimum absolute atomic E-state index is 0.0192. The number of aromatic nitrogens is 2. The highest BCUT2D eigenvalue weighted by molar-refractivity contribution is 7.12. The fourth-order valence-electron chi connectivity index (χ4n) is 2.08. The van der Waals surface area contributed by atoms with Crippen LogP contribution in [0.2, 0.25) is 0 Å². The molecule has 3 rings (SSSR count). The Morgan fingerprint density at radius 1 is 1.36 bits per heavy atom. The van der Waals surface area contributed by atoms with E-state index in [9.17, 15) is 14.9 Å². The lowest BCUT2D eigenvalue weighted by atomic mass is 10.3. The van der Waals surface area contributed by atoms with Gasteiger partial charge in [0.05, 0.1) is 27.4 Å². The van der Waals surface area contributed by atoms with Crippen LogP contribution >= 0.6 is 11.3 Å². The van der Waals surface area contributed by atoms with Crippen molar-refractivity contribution in [2.75, 3.05) is 0 Å². The van der Waals surface area contributed by atoms with Gasteiger partial charge in [-0.3, -0.25) is 14.9 Å². The molecule has 25 heavy (non-hydrogen) atoms. The molecule has 2 heterocycles. The number of hydrazone groups is 1. The van der Waals surface area contributed by atoms with E-state index in [4.69, 9.17) is 0 Å². The van der Waals surface area contributed by atoms with Crippen molar-refractivity contribution in [1.29, 1.82) is 0 Å². The molecule has 0 saturated carbocycles. The molecule has 1 amide bonds. The Labute approximate surface area is 146 Å². The molecule has 0 bridgehead atoms. The quantitative estimate of drug-likeness (QED) is 0.432. The molecule has 8 nitrogen and oxygen atoms in total. The zero-order valence-corrected chi connectivity index (χ0v) is 13.9. The molecule has 1 aromatic carbocycles. The molecule has 0 atom stereocenters. The fraction of sp³-hybridized carbons (Fsp3) is 0.0625. The third-order valence-electron chi connectivity index (χ3n) is 3.38. The fourth-order valence-corrected chi connectivity index (χ4v) is 2.70. The van der Waals surface area contributed by atoms with Crippen molar-refractivity contribution in [3.63, 3.8) is 0 Å². The van der Waals surface area contributed by atoms with E-state index in [1.807, 2.05) is 12.3 Å². The normalized spacial score (nSPS) is 10.9. The Hall–Kier alpha value is -3.33. The van der Waals surface area contributed by atoms with Crippen LogP contribution in [0.1, 0.15) is 20.9 Å². The maximum absolute atomic E-state index is 11.8. The van der Waals surface area contributed by atoms with Crippen molar-refractivity contribution < 1.29 is 9.72 Å². The summed E-state index contributed by atoms with van der Waals surface area (Å²) in [6.45, 7) is 1.81. The van der Waals surface area contributed by atoms with Gasteiger partial charge in [-0.15, -0.1) is 11.3 Å². The summed E-state index contributed by atoms with van der Waals surface area (Å²) < 4.78 is 1.60. The van der Waals surface area contributed by atoms with Gasteiger partial charge in [-0.25, -0.2) is 10.1 Å². The van der Waals surface area contributed by atoms with Crippen LogP contribution in [0.25, 0.3) is 5.69 Å². The first-order chi connectivity index (χ1) is 12.0. The first-order valence-electron chi connectivity index (χ1n) is 7.22. The molecule has 9 heteroatoms. The number of nitrogens with one attached hydrogen (secondary N) is 1. The topological polar surface area (TPSA) is 102 Å². The Bertz CT molecular complexity index is 929. The molecule has 0 saturated heterocycles. The Kier molecular flexibility index (Phi) is 4.66. The number of aryl methyl sites for hydroxylation is 1. The van der Waals surface area contributed by atoms with E-state index >= 15 is 0 Å². The first kappa shape index (κ1) is 16.5. The molecule has 0 aliphatic rings. The summed E-state index contributed by atoms with van der Waals surface area (Å²) >= 11 is 1.33. The van der Waals surface area contributed by atoms with Crippen molar-refractivity contribution in [2.24, 2.45) is 5.10 Å². The number of amides is 1. The molecule has 0 aliphatic heterocycles. The van der Waals surface area contributed by atoms with Crippen molar-refractivity contribution in [3.05, 3.63) is 74.2 Å². The highest BCUT2D eigenvalue weighted by Crippen LogP contribution is 2.16. The molecule has 126 valence electrons. The number of nitrogens with zero attached hydrogens (tertiary/aromatic N) is 4. The highest BCUT2D eigenvalue weighted by Gasteiger charge is 2.08. The zero-order valence-electron chi connectivity index (χ0n) is 13.1. The summed E-state index contributed by atoms with van der Waals surface area (Å²) in [5.41, 5.74) is 4.61. The third-order valence-corrected chi connectivity index (χ3v) is 4.25. The van der Waals surface area contributed by atoms with Crippen LogP contribution in [0.4, 0.5) is 5.69 Å². The number of non-ortho nitro benzene ring substituents is 1. The minimum atomic E-state index is -0.452. The predicted molar refractivity (Wildman–Crippen MR) is 94.3 cm³/mol. The largest absolute Gasteiger partial charge is 0.281 e. The lowest BCUT2D eigenvalue weighted by molar-refractivity contribution is -0.384. The summed E-state index contributed by atoms with van der Waals surface area (Å²) in [5, 5.41) is 20.8. The molecule has 3 aromatic rings. The first-order valence-corrected chi connectivity index (χ1v) is 8.10. The van der Waals surface area contributed by atoms with E-state index in [-0.39, 0.29) is 11.6 Å². The Balaban J connectivity index is 1.72. The number of hydrogen-bond acceptors (Lipinski definition) is 6. The monoisotopic (exact) mass is 355 g/mol. The molecule has 0 unspecified atom stereocenters. The highest BCUT2D eigenvalue weighted by atomic mass is 32.1. The number of rotatable bonds is 5. The number of nitro benzene ring substituents is 1. The second kappa shape index (κ2) is 7.05. The molecular formula is C16H13N5O3S. The van der Waals surface area contributed by atoms with Gasteiger partial charge in [0.1, 0.15) is 0 Å². The molecule has 1 N–H and O–H groups in total. The zero-order chi connectivity index (χ0) is 17.8. The summed E-state index contributed by atoms with van der Waals surface area (Å²) in [7, 11) is 0. The summed E-state index contributed by atoms with van der Waals surface area (Å²) in [6, 6.07) is 9.58. The number of benzene rings is 1. The Morgan fingerprint density at radius 3 is 2.76 bits per heavy atom. The second-order valence-electron chi connectivity index (χ2n) is 5.06. The predicted octanol–water partition coefficient (Wildman–Crippen LogP) is 2.91. The third kappa shape index (κ3) is 3.78. The Morgan fingerprint density at radius 2 is 2.12 bits per heavy atom. The van der Waals surface area contributed by atoms with Gasteiger partial charge in [-0.1, -0.05) is 6.07 Å². The summed E-state index contributed by atoms with van der Waals surface area (Å²) in [5.74, 6) is -0.272. The van der Waals surface area contributed by atoms with Crippen LogP contribution < -0.4 is 5.43 Å². The van der Waals surface area contributed by atoms with Crippen molar-refractivity contribution in [2.45, 2.75) is 6.92 Å². The maximum atomic E-state index is 11.8. The van der Waals surface area contributed by atoms with E-state index in [1.165, 1.54) is 29.7 Å². The molecule has 0 fully saturated rings. The van der Waals surface area contributed by atoms with E-state index < -0.39 is 4.92 Å². The van der Waals surface area contributed by atoms with Crippen LogP contribution in [0.5, 0.6) is 0 Å². The van der Waals surface area contributed by atoms with Gasteiger partial charge in [0.15, 0.2) is 0 Å². The van der Waals surface area contributed by atoms with Gasteiger partial charge in [-0.05, 0) is 30.5 Å². The van der Waals surface area contributed by atoms with Gasteiger partial charge in [0.2, 0.25) is 0 Å². The van der Waals surface area contributed by atoms with Crippen molar-refractivity contribution in [1.82, 2.24) is 15.2 Å². The van der Waals surface area contributed by atoms with E-state index in [1.54, 1.807) is 35.1 Å². The van der Waals surface area contributed by atoms with Crippen molar-refractivity contribution in [3.8, 4) is 5.69 Å². The van der Waals surface area contributed by atoms with Crippen LogP contribution in [0, 0.1) is 17.0 Å². The van der Waals surface area contributed by atoms with Gasteiger partial charge >= 0.3 is 0 Å². The van der Waals surface area contributed by atoms with Gasteiger partial charge < -0.3 is 0 Å². The average Bonchev–Trinajstić information content (AvgIpc) is 3.25. The van der Waals surface area contributed by atoms with Gasteiger partial charge in [-0.2, -0.15) is 10.2 Å². The van der Waals surface area contributed by atoms with Crippen LogP contribution in [0.3, 0.4) is 0 Å². The standard InChI is InChI=1S/C16H13N5O3S/c1-11-12(9-17-18-16(22)15-3-2-8-25-15)10-20(19-11)13-4-6-14(7-5-13)21(23)24/h2-10H,1H3,(H,18,22). The smallest absolute Gasteiger partial charge is 0.266 e. The molecular weight excluding hydrogens is 342 g/mol. The second-order valence-corrected chi connectivity index (χ2v) is 6.01. The number of hydrogen-bond donors (Lipinski definition) is 1. The lowest BCUT2D eigenvalue weighted by Crippen LogP contribution is -2.16. The SMILES string of the molecule is Cc1nn(-c2ccc([N+](=O)[O-])cc2)cc1C=NNC(=O)c1cccs1. The number of carbonyl (C=O) groups is 1. The van der Waals surface area contributed by atoms with Crippen molar-refractivity contribution >= 4 is 29.1 Å². The summed E-state index contributed by atoms with van der Waals surface area (Å²) in [4.78, 5) is 22.6. The minimum Gasteiger partial charge on any atom is -0.266 e. The van der Waals surface area contributed by atoms with Crippen LogP contribution in [-0.2, 0) is 0 Å². The van der Waals surface area contributed by atoms with Crippen LogP contribution in [0.15, 0.2) is 53.1 Å². The van der Waals surface area contributed by atoms with Gasteiger partial charge in [0, 0.05) is 23.9 Å². The molecule has 0 aliphatic carbocycles. The maximum Gasteiger partial charge on any atom is 0.281 e. The van der Waals surface area contributed by atoms with E-state index in [0.29, 0.717) is 16.3 Å². The average molecular weight is 355 g/mol. The summed E-state index contributed by atoms with van der Waals surface area (Å²) in [6.07, 6.45) is 3.24. The molecule has 2 aromatic heterocycles. The van der Waals surface area contributed by atoms with Crippen LogP contribution in [-0.4, -0.2) is 26.8 Å².